The SMILES string of the molecule is CCn1nc(C)c(F)c1C(=O)Nc1nc2cc(C(N)=O)cc3c2n1C[C@](C)(CC)CN3CCCOC. The number of aryl methyl sites for hydroxylation is 2. The first-order valence-electron chi connectivity index (χ1n) is 12.2. The van der Waals surface area contributed by atoms with Crippen molar-refractivity contribution in [2.75, 3.05) is 37.0 Å². The highest BCUT2D eigenvalue weighted by Gasteiger charge is 2.34. The molecule has 2 aromatic heterocycles. The van der Waals surface area contributed by atoms with E-state index in [0.717, 1.165) is 30.6 Å². The summed E-state index contributed by atoms with van der Waals surface area (Å²) >= 11 is 0. The second kappa shape index (κ2) is 9.88. The molecule has 194 valence electrons. The third-order valence-electron chi connectivity index (χ3n) is 6.98. The van der Waals surface area contributed by atoms with Crippen LogP contribution in [0.5, 0.6) is 0 Å². The number of carbonyl (C=O) groups excluding carboxylic acids is 2. The highest BCUT2D eigenvalue weighted by molar-refractivity contribution is 6.05. The first-order chi connectivity index (χ1) is 17.1. The monoisotopic (exact) mass is 499 g/mol. The number of benzene rings is 1. The van der Waals surface area contributed by atoms with Gasteiger partial charge in [-0.2, -0.15) is 5.10 Å². The van der Waals surface area contributed by atoms with E-state index in [1.807, 2.05) is 4.57 Å². The van der Waals surface area contributed by atoms with E-state index in [0.29, 0.717) is 37.3 Å². The molecule has 1 aliphatic heterocycles. The Hall–Kier alpha value is -3.47. The fourth-order valence-corrected chi connectivity index (χ4v) is 4.85. The average molecular weight is 500 g/mol. The summed E-state index contributed by atoms with van der Waals surface area (Å²) in [7, 11) is 1.67. The summed E-state index contributed by atoms with van der Waals surface area (Å²) in [4.78, 5) is 32.3. The Morgan fingerprint density at radius 2 is 2.03 bits per heavy atom. The number of nitrogens with zero attached hydrogens (tertiary/aromatic N) is 5. The normalized spacial score (nSPS) is 17.4. The second-order valence-corrected chi connectivity index (χ2v) is 9.70. The van der Waals surface area contributed by atoms with Gasteiger partial charge < -0.3 is 19.9 Å². The van der Waals surface area contributed by atoms with Crippen LogP contribution in [-0.2, 0) is 17.8 Å². The Balaban J connectivity index is 1.87. The predicted molar refractivity (Wildman–Crippen MR) is 136 cm³/mol. The topological polar surface area (TPSA) is 120 Å². The quantitative estimate of drug-likeness (QED) is 0.436. The smallest absolute Gasteiger partial charge is 0.279 e. The van der Waals surface area contributed by atoms with Crippen molar-refractivity contribution in [3.8, 4) is 0 Å². The first-order valence-corrected chi connectivity index (χ1v) is 12.2. The zero-order valence-corrected chi connectivity index (χ0v) is 21.5. The van der Waals surface area contributed by atoms with Crippen LogP contribution in [0, 0.1) is 18.2 Å². The summed E-state index contributed by atoms with van der Waals surface area (Å²) < 4.78 is 23.3. The van der Waals surface area contributed by atoms with E-state index in [1.165, 1.54) is 11.6 Å². The Kier molecular flexibility index (Phi) is 7.03. The molecule has 1 aliphatic rings. The number of nitrogens with two attached hydrogens (primary N) is 1. The molecule has 11 heteroatoms. The number of carbonyl (C=O) groups is 2. The summed E-state index contributed by atoms with van der Waals surface area (Å²) in [5.74, 6) is -1.55. The van der Waals surface area contributed by atoms with Crippen LogP contribution in [0.25, 0.3) is 11.0 Å². The average Bonchev–Trinajstić information content (AvgIpc) is 3.28. The van der Waals surface area contributed by atoms with E-state index in [4.69, 9.17) is 10.5 Å². The number of primary amides is 1. The van der Waals surface area contributed by atoms with Crippen molar-refractivity contribution in [1.82, 2.24) is 19.3 Å². The van der Waals surface area contributed by atoms with Crippen molar-refractivity contribution < 1.29 is 18.7 Å². The fourth-order valence-electron chi connectivity index (χ4n) is 4.85. The van der Waals surface area contributed by atoms with Gasteiger partial charge >= 0.3 is 0 Å². The van der Waals surface area contributed by atoms with Gasteiger partial charge in [-0.3, -0.25) is 19.6 Å². The number of methoxy groups -OCH3 is 1. The van der Waals surface area contributed by atoms with Crippen molar-refractivity contribution in [2.24, 2.45) is 11.1 Å². The maximum atomic E-state index is 14.8. The minimum Gasteiger partial charge on any atom is -0.385 e. The molecule has 2 amide bonds. The van der Waals surface area contributed by atoms with E-state index in [-0.39, 0.29) is 22.8 Å². The zero-order valence-electron chi connectivity index (χ0n) is 21.5. The largest absolute Gasteiger partial charge is 0.385 e. The van der Waals surface area contributed by atoms with Crippen molar-refractivity contribution in [3.63, 3.8) is 0 Å². The molecule has 0 unspecified atom stereocenters. The maximum Gasteiger partial charge on any atom is 0.279 e. The highest BCUT2D eigenvalue weighted by Crippen LogP contribution is 2.40. The number of aromatic nitrogens is 4. The summed E-state index contributed by atoms with van der Waals surface area (Å²) in [6, 6.07) is 3.42. The Morgan fingerprint density at radius 1 is 1.28 bits per heavy atom. The lowest BCUT2D eigenvalue weighted by atomic mass is 9.87. The summed E-state index contributed by atoms with van der Waals surface area (Å²) in [5, 5.41) is 6.94. The number of hydrogen-bond donors (Lipinski definition) is 2. The van der Waals surface area contributed by atoms with E-state index in [9.17, 15) is 14.0 Å². The zero-order chi connectivity index (χ0) is 26.2. The van der Waals surface area contributed by atoms with Gasteiger partial charge in [0.1, 0.15) is 0 Å². The third kappa shape index (κ3) is 4.55. The van der Waals surface area contributed by atoms with Crippen molar-refractivity contribution >= 4 is 34.5 Å². The molecule has 0 aliphatic carbocycles. The van der Waals surface area contributed by atoms with Gasteiger partial charge in [-0.1, -0.05) is 13.8 Å². The maximum absolute atomic E-state index is 14.8. The summed E-state index contributed by atoms with van der Waals surface area (Å²) in [6.07, 6.45) is 1.67. The van der Waals surface area contributed by atoms with Crippen LogP contribution >= 0.6 is 0 Å². The van der Waals surface area contributed by atoms with Gasteiger partial charge in [-0.05, 0) is 38.8 Å². The van der Waals surface area contributed by atoms with Crippen molar-refractivity contribution in [3.05, 3.63) is 34.9 Å². The molecule has 4 rings (SSSR count). The molecule has 0 radical (unpaired) electrons. The van der Waals surface area contributed by atoms with Crippen molar-refractivity contribution in [1.29, 1.82) is 0 Å². The van der Waals surface area contributed by atoms with Crippen LogP contribution in [0.4, 0.5) is 16.0 Å². The Morgan fingerprint density at radius 3 is 2.67 bits per heavy atom. The molecular weight excluding hydrogens is 465 g/mol. The van der Waals surface area contributed by atoms with Crippen LogP contribution in [0.2, 0.25) is 0 Å². The predicted octanol–water partition coefficient (Wildman–Crippen LogP) is 3.32. The number of imidazole rings is 1. The van der Waals surface area contributed by atoms with Gasteiger partial charge in [-0.25, -0.2) is 9.37 Å². The molecular formula is C25H34FN7O3. The molecule has 36 heavy (non-hydrogen) atoms. The van der Waals surface area contributed by atoms with E-state index in [1.54, 1.807) is 26.2 Å². The van der Waals surface area contributed by atoms with Gasteiger partial charge in [0.25, 0.3) is 5.91 Å². The molecule has 0 saturated heterocycles. The van der Waals surface area contributed by atoms with E-state index >= 15 is 0 Å². The number of nitrogens with one attached hydrogen (secondary N) is 1. The first kappa shape index (κ1) is 25.6. The summed E-state index contributed by atoms with van der Waals surface area (Å²) in [6.45, 7) is 10.6. The van der Waals surface area contributed by atoms with Gasteiger partial charge in [-0.15, -0.1) is 0 Å². The minimum atomic E-state index is -0.652. The number of hydrogen-bond acceptors (Lipinski definition) is 6. The number of rotatable bonds is 9. The molecule has 0 saturated carbocycles. The van der Waals surface area contributed by atoms with Gasteiger partial charge in [0.05, 0.1) is 22.4 Å². The number of anilines is 2. The highest BCUT2D eigenvalue weighted by atomic mass is 19.1. The fraction of sp³-hybridized carbons (Fsp3) is 0.520. The molecule has 1 aromatic carbocycles. The third-order valence-corrected chi connectivity index (χ3v) is 6.98. The minimum absolute atomic E-state index is 0.138. The lowest BCUT2D eigenvalue weighted by molar-refractivity contribution is 0.0994. The second-order valence-electron chi connectivity index (χ2n) is 9.70. The molecule has 3 aromatic rings. The van der Waals surface area contributed by atoms with Crippen LogP contribution in [-0.4, -0.2) is 58.0 Å². The number of halogens is 1. The Bertz CT molecular complexity index is 1310. The molecule has 0 fully saturated rings. The Labute approximate surface area is 209 Å². The molecule has 1 atom stereocenters. The lowest BCUT2D eigenvalue weighted by Gasteiger charge is -2.34. The van der Waals surface area contributed by atoms with E-state index in [2.05, 4.69) is 34.1 Å². The van der Waals surface area contributed by atoms with Crippen LogP contribution < -0.4 is 16.0 Å². The van der Waals surface area contributed by atoms with Crippen LogP contribution in [0.15, 0.2) is 12.1 Å². The lowest BCUT2D eigenvalue weighted by Crippen LogP contribution is -2.37. The molecule has 0 bridgehead atoms. The van der Waals surface area contributed by atoms with Gasteiger partial charge in [0, 0.05) is 50.9 Å². The standard InChI is InChI=1S/C25H34FN7O3/c1-6-25(4)13-31(9-8-10-36-5)18-12-16(22(27)34)11-17-20(18)32(14-25)24(28-17)29-23(35)21-19(26)15(3)30-33(21)7-2/h11-12H,6-10,13-14H2,1-5H3,(H2,27,34)(H,28,29,35)/t25-/m1/s1. The number of ether oxygens (including phenoxy) is 1. The van der Waals surface area contributed by atoms with Crippen LogP contribution in [0.3, 0.4) is 0 Å². The molecule has 3 N–H and O–H groups in total. The van der Waals surface area contributed by atoms with Crippen molar-refractivity contribution in [2.45, 2.75) is 53.6 Å². The number of amides is 2. The summed E-state index contributed by atoms with van der Waals surface area (Å²) in [5.41, 5.74) is 8.00. The molecule has 3 heterocycles. The molecule has 10 nitrogen and oxygen atoms in total. The molecule has 0 spiro atoms. The van der Waals surface area contributed by atoms with Gasteiger partial charge in [0.15, 0.2) is 11.5 Å². The van der Waals surface area contributed by atoms with Gasteiger partial charge in [0.2, 0.25) is 11.9 Å². The van der Waals surface area contributed by atoms with E-state index < -0.39 is 17.6 Å². The van der Waals surface area contributed by atoms with Crippen LogP contribution in [0.1, 0.15) is 60.2 Å².